The summed E-state index contributed by atoms with van der Waals surface area (Å²) in [7, 11) is -2.04. The predicted octanol–water partition coefficient (Wildman–Crippen LogP) is 4.38. The summed E-state index contributed by atoms with van der Waals surface area (Å²) in [6.07, 6.45) is 1.03. The van der Waals surface area contributed by atoms with Crippen LogP contribution in [0.3, 0.4) is 0 Å². The molecular weight excluding hydrogens is 456 g/mol. The summed E-state index contributed by atoms with van der Waals surface area (Å²) in [4.78, 5) is 12.8. The van der Waals surface area contributed by atoms with Gasteiger partial charge in [0.2, 0.25) is 10.0 Å². The average Bonchev–Trinajstić information content (AvgIpc) is 2.67. The van der Waals surface area contributed by atoms with E-state index in [9.17, 15) is 13.2 Å². The number of sulfonamides is 1. The van der Waals surface area contributed by atoms with Crippen LogP contribution in [0.5, 0.6) is 5.75 Å². The van der Waals surface area contributed by atoms with E-state index in [1.54, 1.807) is 16.4 Å². The number of rotatable bonds is 5. The summed E-state index contributed by atoms with van der Waals surface area (Å²) < 4.78 is 33.6. The van der Waals surface area contributed by atoms with E-state index in [1.165, 1.54) is 31.4 Å². The number of benzene rings is 2. The maximum absolute atomic E-state index is 13.0. The molecule has 1 heterocycles. The van der Waals surface area contributed by atoms with E-state index in [0.29, 0.717) is 41.9 Å². The largest absolute Gasteiger partial charge is 0.495 e. The van der Waals surface area contributed by atoms with Crippen molar-refractivity contribution in [3.05, 3.63) is 52.5 Å². The minimum atomic E-state index is -3.57. The lowest BCUT2D eigenvalue weighted by atomic mass is 9.94. The van der Waals surface area contributed by atoms with Crippen molar-refractivity contribution in [3.8, 4) is 5.75 Å². The fraction of sp³-hybridized carbons (Fsp3) is 0.381. The molecule has 0 saturated carbocycles. The Balaban J connectivity index is 1.78. The van der Waals surface area contributed by atoms with Crippen LogP contribution >= 0.6 is 15.9 Å². The van der Waals surface area contributed by atoms with Crippen LogP contribution < -0.4 is 10.1 Å². The fourth-order valence-corrected chi connectivity index (χ4v) is 5.74. The molecule has 0 bridgehead atoms. The normalized spacial score (nSPS) is 20.3. The van der Waals surface area contributed by atoms with Gasteiger partial charge in [-0.3, -0.25) is 4.79 Å². The van der Waals surface area contributed by atoms with Gasteiger partial charge in [-0.2, -0.15) is 4.31 Å². The Kier molecular flexibility index (Phi) is 6.65. The van der Waals surface area contributed by atoms with Gasteiger partial charge in [0, 0.05) is 23.1 Å². The van der Waals surface area contributed by atoms with Crippen LogP contribution in [0.1, 0.15) is 30.6 Å². The third-order valence-electron chi connectivity index (χ3n) is 5.00. The Morgan fingerprint density at radius 3 is 2.31 bits per heavy atom. The minimum absolute atomic E-state index is 0.204. The molecule has 1 aliphatic heterocycles. The zero-order valence-electron chi connectivity index (χ0n) is 16.7. The molecule has 2 aromatic rings. The highest BCUT2D eigenvalue weighted by Crippen LogP contribution is 2.29. The van der Waals surface area contributed by atoms with Crippen LogP contribution in [0.25, 0.3) is 0 Å². The van der Waals surface area contributed by atoms with E-state index in [0.717, 1.165) is 10.9 Å². The Bertz CT molecular complexity index is 982. The number of halogens is 1. The van der Waals surface area contributed by atoms with Gasteiger partial charge < -0.3 is 10.1 Å². The Morgan fingerprint density at radius 1 is 1.10 bits per heavy atom. The number of ether oxygens (including phenoxy) is 1. The summed E-state index contributed by atoms with van der Waals surface area (Å²) in [6, 6.07) is 11.4. The molecule has 1 N–H and O–H groups in total. The summed E-state index contributed by atoms with van der Waals surface area (Å²) >= 11 is 3.37. The highest BCUT2D eigenvalue weighted by molar-refractivity contribution is 9.10. The Labute approximate surface area is 180 Å². The second-order valence-corrected chi connectivity index (χ2v) is 10.4. The molecule has 1 amide bonds. The summed E-state index contributed by atoms with van der Waals surface area (Å²) in [6.45, 7) is 5.19. The van der Waals surface area contributed by atoms with Crippen molar-refractivity contribution in [2.45, 2.75) is 25.2 Å². The molecule has 29 heavy (non-hydrogen) atoms. The van der Waals surface area contributed by atoms with Crippen LogP contribution in [-0.4, -0.2) is 38.8 Å². The lowest BCUT2D eigenvalue weighted by Gasteiger charge is -2.34. The zero-order chi connectivity index (χ0) is 21.2. The SMILES string of the molecule is COc1ccc(Br)cc1NC(=O)c1ccc(S(=O)(=O)N2CC(C)CC(C)C2)cc1. The van der Waals surface area contributed by atoms with Crippen LogP contribution in [0.15, 0.2) is 51.8 Å². The van der Waals surface area contributed by atoms with E-state index in [-0.39, 0.29) is 10.8 Å². The van der Waals surface area contributed by atoms with E-state index < -0.39 is 10.0 Å². The highest BCUT2D eigenvalue weighted by Gasteiger charge is 2.31. The van der Waals surface area contributed by atoms with Gasteiger partial charge in [-0.05, 0) is 60.7 Å². The number of hydrogen-bond acceptors (Lipinski definition) is 4. The highest BCUT2D eigenvalue weighted by atomic mass is 79.9. The van der Waals surface area contributed by atoms with Crippen LogP contribution in [0, 0.1) is 11.8 Å². The lowest BCUT2D eigenvalue weighted by Crippen LogP contribution is -2.42. The summed E-state index contributed by atoms with van der Waals surface area (Å²) in [5.41, 5.74) is 0.895. The second-order valence-electron chi connectivity index (χ2n) is 7.59. The monoisotopic (exact) mass is 480 g/mol. The first-order valence-corrected chi connectivity index (χ1v) is 11.7. The van der Waals surface area contributed by atoms with E-state index in [1.807, 2.05) is 6.07 Å². The first kappa shape index (κ1) is 21.8. The third-order valence-corrected chi connectivity index (χ3v) is 7.34. The number of nitrogens with zero attached hydrogens (tertiary/aromatic N) is 1. The zero-order valence-corrected chi connectivity index (χ0v) is 19.1. The standard InChI is InChI=1S/C21H25BrN2O4S/c1-14-10-15(2)13-24(12-14)29(26,27)18-7-4-16(5-8-18)21(25)23-19-11-17(22)6-9-20(19)28-3/h4-9,11,14-15H,10,12-13H2,1-3H3,(H,23,25). The van der Waals surface area contributed by atoms with Gasteiger partial charge in [-0.25, -0.2) is 8.42 Å². The van der Waals surface area contributed by atoms with Crippen LogP contribution in [-0.2, 0) is 10.0 Å². The summed E-state index contributed by atoms with van der Waals surface area (Å²) in [5, 5.41) is 2.80. The quantitative estimate of drug-likeness (QED) is 0.688. The van der Waals surface area contributed by atoms with Gasteiger partial charge in [-0.1, -0.05) is 29.8 Å². The van der Waals surface area contributed by atoms with E-state index in [2.05, 4.69) is 35.1 Å². The molecule has 1 aliphatic rings. The topological polar surface area (TPSA) is 75.7 Å². The number of carbonyl (C=O) groups is 1. The molecular formula is C21H25BrN2O4S. The number of amides is 1. The van der Waals surface area contributed by atoms with Crippen LogP contribution in [0.4, 0.5) is 5.69 Å². The number of hydrogen-bond donors (Lipinski definition) is 1. The van der Waals surface area contributed by atoms with Crippen LogP contribution in [0.2, 0.25) is 0 Å². The van der Waals surface area contributed by atoms with Gasteiger partial charge in [0.05, 0.1) is 17.7 Å². The number of piperidine rings is 1. The van der Waals surface area contributed by atoms with Crippen molar-refractivity contribution in [1.82, 2.24) is 4.31 Å². The van der Waals surface area contributed by atoms with Crippen molar-refractivity contribution < 1.29 is 17.9 Å². The maximum Gasteiger partial charge on any atom is 0.255 e. The summed E-state index contributed by atoms with van der Waals surface area (Å²) in [5.74, 6) is 0.858. The molecule has 0 aromatic heterocycles. The molecule has 1 saturated heterocycles. The van der Waals surface area contributed by atoms with Crippen molar-refractivity contribution in [3.63, 3.8) is 0 Å². The molecule has 2 unspecified atom stereocenters. The molecule has 6 nitrogen and oxygen atoms in total. The maximum atomic E-state index is 13.0. The number of carbonyl (C=O) groups excluding carboxylic acids is 1. The van der Waals surface area contributed by atoms with E-state index >= 15 is 0 Å². The molecule has 3 rings (SSSR count). The molecule has 0 radical (unpaired) electrons. The van der Waals surface area contributed by atoms with Crippen molar-refractivity contribution in [2.75, 3.05) is 25.5 Å². The van der Waals surface area contributed by atoms with Gasteiger partial charge in [-0.15, -0.1) is 0 Å². The fourth-order valence-electron chi connectivity index (χ4n) is 3.70. The van der Waals surface area contributed by atoms with Gasteiger partial charge in [0.15, 0.2) is 0 Å². The molecule has 2 atom stereocenters. The van der Waals surface area contributed by atoms with Crippen molar-refractivity contribution in [2.24, 2.45) is 11.8 Å². The lowest BCUT2D eigenvalue weighted by molar-refractivity contribution is 0.102. The van der Waals surface area contributed by atoms with Gasteiger partial charge in [0.25, 0.3) is 5.91 Å². The molecule has 1 fully saturated rings. The molecule has 0 aliphatic carbocycles. The Morgan fingerprint density at radius 2 is 1.72 bits per heavy atom. The van der Waals surface area contributed by atoms with E-state index in [4.69, 9.17) is 4.74 Å². The Hall–Kier alpha value is -1.90. The van der Waals surface area contributed by atoms with Gasteiger partial charge in [0.1, 0.15) is 5.75 Å². The molecule has 8 heteroatoms. The van der Waals surface area contributed by atoms with Gasteiger partial charge >= 0.3 is 0 Å². The predicted molar refractivity (Wildman–Crippen MR) is 117 cm³/mol. The first-order valence-electron chi connectivity index (χ1n) is 9.46. The molecule has 0 spiro atoms. The number of anilines is 1. The average molecular weight is 481 g/mol. The number of nitrogens with one attached hydrogen (secondary N) is 1. The first-order chi connectivity index (χ1) is 13.7. The third kappa shape index (κ3) is 4.99. The van der Waals surface area contributed by atoms with Crippen molar-refractivity contribution in [1.29, 1.82) is 0 Å². The minimum Gasteiger partial charge on any atom is -0.495 e. The van der Waals surface area contributed by atoms with Crippen molar-refractivity contribution >= 4 is 37.5 Å². The smallest absolute Gasteiger partial charge is 0.255 e. The molecule has 156 valence electrons. The second kappa shape index (κ2) is 8.85. The number of methoxy groups -OCH3 is 1. The molecule has 2 aromatic carbocycles.